The van der Waals surface area contributed by atoms with Gasteiger partial charge < -0.3 is 5.11 Å². The summed E-state index contributed by atoms with van der Waals surface area (Å²) in [5, 5.41) is 11.4. The monoisotopic (exact) mass is 319 g/mol. The average Bonchev–Trinajstić information content (AvgIpc) is 2.92. The smallest absolute Gasteiger partial charge is 0.306 e. The normalized spacial score (nSPS) is 19.9. The first-order chi connectivity index (χ1) is 9.40. The summed E-state index contributed by atoms with van der Waals surface area (Å²) in [6.07, 6.45) is 2.33. The van der Waals surface area contributed by atoms with E-state index in [1.54, 1.807) is 18.5 Å². The minimum absolute atomic E-state index is 0.233. The molecule has 0 saturated carbocycles. The van der Waals surface area contributed by atoms with Gasteiger partial charge in [0.05, 0.1) is 12.0 Å². The van der Waals surface area contributed by atoms with E-state index in [0.717, 1.165) is 0 Å². The second-order valence-corrected chi connectivity index (χ2v) is 7.35. The van der Waals surface area contributed by atoms with E-state index in [0.29, 0.717) is 17.8 Å². The van der Waals surface area contributed by atoms with E-state index in [1.165, 1.54) is 15.6 Å². The van der Waals surface area contributed by atoms with Crippen molar-refractivity contribution < 1.29 is 18.3 Å². The molecule has 1 fully saturated rings. The number of hydrogen-bond acceptors (Lipinski definition) is 5. The Hall–Kier alpha value is -1.03. The second-order valence-electron chi connectivity index (χ2n) is 4.73. The van der Waals surface area contributed by atoms with Crippen LogP contribution in [0.5, 0.6) is 0 Å². The molecule has 0 bridgehead atoms. The molecule has 2 rings (SSSR count). The SMILES string of the molecule is CC(NS(=O)(=O)N1CCC(C(=O)O)CC1)c1nccs1. The van der Waals surface area contributed by atoms with Gasteiger partial charge in [0.1, 0.15) is 5.01 Å². The van der Waals surface area contributed by atoms with Crippen molar-refractivity contribution in [2.24, 2.45) is 5.92 Å². The van der Waals surface area contributed by atoms with Crippen LogP contribution in [-0.2, 0) is 15.0 Å². The highest BCUT2D eigenvalue weighted by atomic mass is 32.2. The topological polar surface area (TPSA) is 99.6 Å². The Morgan fingerprint density at radius 1 is 1.55 bits per heavy atom. The summed E-state index contributed by atoms with van der Waals surface area (Å²) in [5.41, 5.74) is 0. The summed E-state index contributed by atoms with van der Waals surface area (Å²) in [5.74, 6) is -1.30. The molecule has 20 heavy (non-hydrogen) atoms. The lowest BCUT2D eigenvalue weighted by atomic mass is 9.99. The number of carboxylic acids is 1. The number of thiazole rings is 1. The first kappa shape index (κ1) is 15.4. The van der Waals surface area contributed by atoms with E-state index in [9.17, 15) is 13.2 Å². The van der Waals surface area contributed by atoms with Gasteiger partial charge in [-0.1, -0.05) is 0 Å². The molecule has 0 aromatic carbocycles. The number of aliphatic carboxylic acids is 1. The highest BCUT2D eigenvalue weighted by Gasteiger charge is 2.32. The fourth-order valence-corrected chi connectivity index (χ4v) is 4.26. The molecule has 1 unspecified atom stereocenters. The number of hydrogen-bond donors (Lipinski definition) is 2. The molecule has 0 spiro atoms. The van der Waals surface area contributed by atoms with Crippen molar-refractivity contribution in [3.63, 3.8) is 0 Å². The maximum absolute atomic E-state index is 12.2. The van der Waals surface area contributed by atoms with Crippen LogP contribution in [0, 0.1) is 5.92 Å². The standard InChI is InChI=1S/C11H17N3O4S2/c1-8(10-12-4-7-19-10)13-20(17,18)14-5-2-9(3-6-14)11(15)16/h4,7-9,13H,2-3,5-6H2,1H3,(H,15,16). The molecule has 1 aliphatic rings. The van der Waals surface area contributed by atoms with Gasteiger partial charge in [-0.05, 0) is 19.8 Å². The molecule has 0 radical (unpaired) electrons. The zero-order valence-electron chi connectivity index (χ0n) is 11.0. The molecule has 1 aromatic rings. The van der Waals surface area contributed by atoms with E-state index in [1.807, 2.05) is 0 Å². The van der Waals surface area contributed by atoms with Gasteiger partial charge in [0.2, 0.25) is 0 Å². The number of aromatic nitrogens is 1. The van der Waals surface area contributed by atoms with Crippen molar-refractivity contribution in [3.05, 3.63) is 16.6 Å². The summed E-state index contributed by atoms with van der Waals surface area (Å²) in [6.45, 7) is 2.20. The Bertz CT molecular complexity index is 550. The summed E-state index contributed by atoms with van der Waals surface area (Å²) < 4.78 is 28.3. The third-order valence-corrected chi connectivity index (χ3v) is 5.95. The van der Waals surface area contributed by atoms with Crippen molar-refractivity contribution in [1.82, 2.24) is 14.0 Å². The van der Waals surface area contributed by atoms with Crippen LogP contribution in [0.1, 0.15) is 30.8 Å². The predicted molar refractivity (Wildman–Crippen MR) is 74.5 cm³/mol. The highest BCUT2D eigenvalue weighted by molar-refractivity contribution is 7.87. The van der Waals surface area contributed by atoms with Crippen molar-refractivity contribution in [1.29, 1.82) is 0 Å². The minimum atomic E-state index is -3.60. The molecule has 2 N–H and O–H groups in total. The molecule has 1 atom stereocenters. The van der Waals surface area contributed by atoms with Crippen LogP contribution in [0.2, 0.25) is 0 Å². The fraction of sp³-hybridized carbons (Fsp3) is 0.636. The Balaban J connectivity index is 1.96. The molecule has 112 valence electrons. The first-order valence-electron chi connectivity index (χ1n) is 6.30. The van der Waals surface area contributed by atoms with E-state index in [-0.39, 0.29) is 13.1 Å². The number of piperidine rings is 1. The zero-order chi connectivity index (χ0) is 14.8. The van der Waals surface area contributed by atoms with E-state index in [4.69, 9.17) is 5.11 Å². The lowest BCUT2D eigenvalue weighted by molar-refractivity contribution is -0.142. The van der Waals surface area contributed by atoms with Gasteiger partial charge in [0, 0.05) is 24.7 Å². The number of carboxylic acid groups (broad SMARTS) is 1. The predicted octanol–water partition coefficient (Wildman–Crippen LogP) is 0.835. The Labute approximate surface area is 121 Å². The fourth-order valence-electron chi connectivity index (χ4n) is 2.14. The van der Waals surface area contributed by atoms with Crippen LogP contribution in [0.4, 0.5) is 0 Å². The first-order valence-corrected chi connectivity index (χ1v) is 8.61. The van der Waals surface area contributed by atoms with Crippen molar-refractivity contribution in [2.75, 3.05) is 13.1 Å². The van der Waals surface area contributed by atoms with Crippen LogP contribution in [0.15, 0.2) is 11.6 Å². The van der Waals surface area contributed by atoms with Crippen LogP contribution in [0.25, 0.3) is 0 Å². The van der Waals surface area contributed by atoms with Crippen molar-refractivity contribution in [2.45, 2.75) is 25.8 Å². The van der Waals surface area contributed by atoms with Gasteiger partial charge in [0.25, 0.3) is 10.2 Å². The summed E-state index contributed by atoms with van der Waals surface area (Å²) >= 11 is 1.39. The highest BCUT2D eigenvalue weighted by Crippen LogP contribution is 2.21. The summed E-state index contributed by atoms with van der Waals surface area (Å²) in [4.78, 5) is 14.9. The van der Waals surface area contributed by atoms with Crippen LogP contribution in [-0.4, -0.2) is 41.9 Å². The Kier molecular flexibility index (Phi) is 4.74. The summed E-state index contributed by atoms with van der Waals surface area (Å²) in [7, 11) is -3.60. The quantitative estimate of drug-likeness (QED) is 0.837. The van der Waals surface area contributed by atoms with Gasteiger partial charge in [-0.15, -0.1) is 11.3 Å². The molecule has 1 aliphatic heterocycles. The van der Waals surface area contributed by atoms with Gasteiger partial charge in [-0.2, -0.15) is 17.4 Å². The number of nitrogens with zero attached hydrogens (tertiary/aromatic N) is 2. The number of rotatable bonds is 5. The largest absolute Gasteiger partial charge is 0.481 e. The Morgan fingerprint density at radius 2 is 2.20 bits per heavy atom. The van der Waals surface area contributed by atoms with Crippen molar-refractivity contribution >= 4 is 27.5 Å². The summed E-state index contributed by atoms with van der Waals surface area (Å²) in [6, 6.07) is -0.391. The molecular formula is C11H17N3O4S2. The lowest BCUT2D eigenvalue weighted by Crippen LogP contribution is -2.46. The van der Waals surface area contributed by atoms with E-state index in [2.05, 4.69) is 9.71 Å². The van der Waals surface area contributed by atoms with Gasteiger partial charge in [-0.25, -0.2) is 4.98 Å². The van der Waals surface area contributed by atoms with Gasteiger partial charge in [-0.3, -0.25) is 4.79 Å². The maximum atomic E-state index is 12.2. The molecule has 0 aliphatic carbocycles. The van der Waals surface area contributed by atoms with E-state index < -0.39 is 28.1 Å². The minimum Gasteiger partial charge on any atom is -0.481 e. The Morgan fingerprint density at radius 3 is 2.70 bits per heavy atom. The molecule has 1 aromatic heterocycles. The molecule has 9 heteroatoms. The van der Waals surface area contributed by atoms with Crippen LogP contribution in [0.3, 0.4) is 0 Å². The molecule has 7 nitrogen and oxygen atoms in total. The zero-order valence-corrected chi connectivity index (χ0v) is 12.7. The van der Waals surface area contributed by atoms with Gasteiger partial charge in [0.15, 0.2) is 0 Å². The third kappa shape index (κ3) is 3.54. The second kappa shape index (κ2) is 6.17. The molecule has 0 amide bonds. The van der Waals surface area contributed by atoms with Crippen LogP contribution < -0.4 is 4.72 Å². The van der Waals surface area contributed by atoms with Gasteiger partial charge >= 0.3 is 5.97 Å². The lowest BCUT2D eigenvalue weighted by Gasteiger charge is -2.30. The average molecular weight is 319 g/mol. The molecule has 1 saturated heterocycles. The maximum Gasteiger partial charge on any atom is 0.306 e. The van der Waals surface area contributed by atoms with Crippen LogP contribution >= 0.6 is 11.3 Å². The third-order valence-electron chi connectivity index (χ3n) is 3.29. The molecule has 2 heterocycles. The van der Waals surface area contributed by atoms with Crippen molar-refractivity contribution in [3.8, 4) is 0 Å². The molecular weight excluding hydrogens is 302 g/mol. The number of nitrogens with one attached hydrogen (secondary N) is 1. The number of carbonyl (C=O) groups is 1. The van der Waals surface area contributed by atoms with E-state index >= 15 is 0 Å².